The molecule has 0 spiro atoms. The third kappa shape index (κ3) is 3.10. The number of aromatic nitrogens is 1. The van der Waals surface area contributed by atoms with Gasteiger partial charge < -0.3 is 5.73 Å². The molecule has 1 rings (SSSR count). The van der Waals surface area contributed by atoms with E-state index in [0.29, 0.717) is 0 Å². The minimum atomic E-state index is 0.171. The second-order valence-electron chi connectivity index (χ2n) is 2.62. The summed E-state index contributed by atoms with van der Waals surface area (Å²) >= 11 is 4.66. The van der Waals surface area contributed by atoms with Gasteiger partial charge in [-0.2, -0.15) is 5.10 Å². The number of nitrogens with zero attached hydrogens (tertiary/aromatic N) is 2. The highest BCUT2D eigenvalue weighted by Crippen LogP contribution is 2.01. The number of hydrazone groups is 1. The monoisotopic (exact) mass is 208 g/mol. The zero-order valence-electron chi connectivity index (χ0n) is 7.90. The molecule has 0 atom stereocenters. The van der Waals surface area contributed by atoms with Gasteiger partial charge in [0.05, 0.1) is 5.71 Å². The van der Waals surface area contributed by atoms with Gasteiger partial charge >= 0.3 is 0 Å². The summed E-state index contributed by atoms with van der Waals surface area (Å²) in [6.07, 6.45) is 4.25. The highest BCUT2D eigenvalue weighted by atomic mass is 32.1. The van der Waals surface area contributed by atoms with Crippen LogP contribution in [0.5, 0.6) is 0 Å². The molecule has 1 heterocycles. The first-order valence-corrected chi connectivity index (χ1v) is 4.67. The Morgan fingerprint density at radius 3 is 2.71 bits per heavy atom. The Morgan fingerprint density at radius 1 is 1.57 bits per heavy atom. The number of thiocarbonyl (C=S) groups is 1. The molecule has 0 amide bonds. The highest BCUT2D eigenvalue weighted by Gasteiger charge is 1.99. The van der Waals surface area contributed by atoms with Crippen molar-refractivity contribution in [2.75, 3.05) is 0 Å². The molecule has 0 unspecified atom stereocenters. The topological polar surface area (TPSA) is 63.3 Å². The smallest absolute Gasteiger partial charge is 0.184 e. The molecule has 74 valence electrons. The Bertz CT molecular complexity index is 334. The van der Waals surface area contributed by atoms with E-state index in [-0.39, 0.29) is 5.11 Å². The minimum Gasteiger partial charge on any atom is -0.375 e. The van der Waals surface area contributed by atoms with Crippen LogP contribution in [0.2, 0.25) is 0 Å². The largest absolute Gasteiger partial charge is 0.375 e. The summed E-state index contributed by atoms with van der Waals surface area (Å²) in [6.45, 7) is 2.01. The van der Waals surface area contributed by atoms with Crippen LogP contribution < -0.4 is 11.2 Å². The predicted octanol–water partition coefficient (Wildman–Crippen LogP) is 1.03. The third-order valence-electron chi connectivity index (χ3n) is 1.65. The minimum absolute atomic E-state index is 0.171. The summed E-state index contributed by atoms with van der Waals surface area (Å²) < 4.78 is 0. The summed E-state index contributed by atoms with van der Waals surface area (Å²) in [4.78, 5) is 3.93. The number of hydrogen-bond acceptors (Lipinski definition) is 3. The van der Waals surface area contributed by atoms with Gasteiger partial charge in [0, 0.05) is 18.0 Å². The first-order chi connectivity index (χ1) is 6.74. The first-order valence-electron chi connectivity index (χ1n) is 4.26. The number of pyridine rings is 1. The van der Waals surface area contributed by atoms with Gasteiger partial charge in [0.2, 0.25) is 0 Å². The van der Waals surface area contributed by atoms with Crippen molar-refractivity contribution in [3.05, 3.63) is 30.1 Å². The third-order valence-corrected chi connectivity index (χ3v) is 1.74. The van der Waals surface area contributed by atoms with E-state index < -0.39 is 0 Å². The molecular weight excluding hydrogens is 196 g/mol. The predicted molar refractivity (Wildman–Crippen MR) is 61.0 cm³/mol. The lowest BCUT2D eigenvalue weighted by atomic mass is 10.1. The van der Waals surface area contributed by atoms with E-state index in [2.05, 4.69) is 27.7 Å². The number of rotatable bonds is 3. The van der Waals surface area contributed by atoms with E-state index >= 15 is 0 Å². The summed E-state index contributed by atoms with van der Waals surface area (Å²) in [7, 11) is 0. The zero-order chi connectivity index (χ0) is 10.4. The van der Waals surface area contributed by atoms with E-state index in [0.717, 1.165) is 17.7 Å². The van der Waals surface area contributed by atoms with E-state index in [4.69, 9.17) is 5.73 Å². The van der Waals surface area contributed by atoms with Crippen molar-refractivity contribution in [1.82, 2.24) is 10.4 Å². The van der Waals surface area contributed by atoms with Crippen LogP contribution in [0.15, 0.2) is 29.6 Å². The molecule has 3 N–H and O–H groups in total. The van der Waals surface area contributed by atoms with Crippen LogP contribution in [0.1, 0.15) is 18.9 Å². The average molecular weight is 208 g/mol. The number of nitrogens with one attached hydrogen (secondary N) is 1. The van der Waals surface area contributed by atoms with Gasteiger partial charge in [0.15, 0.2) is 5.11 Å². The van der Waals surface area contributed by atoms with Crippen molar-refractivity contribution in [2.45, 2.75) is 13.3 Å². The molecule has 0 saturated heterocycles. The van der Waals surface area contributed by atoms with Crippen LogP contribution in [-0.4, -0.2) is 15.8 Å². The molecule has 4 nitrogen and oxygen atoms in total. The van der Waals surface area contributed by atoms with Gasteiger partial charge in [0.1, 0.15) is 0 Å². The standard InChI is InChI=1S/C9H12N4S/c1-2-8(12-13-9(10)14)7-3-5-11-6-4-7/h3-6H,2H2,1H3,(H3,10,13,14). The van der Waals surface area contributed by atoms with Crippen LogP contribution in [0.25, 0.3) is 0 Å². The van der Waals surface area contributed by atoms with Gasteiger partial charge in [-0.25, -0.2) is 0 Å². The molecule has 14 heavy (non-hydrogen) atoms. The van der Waals surface area contributed by atoms with Gasteiger partial charge in [0.25, 0.3) is 0 Å². The summed E-state index contributed by atoms with van der Waals surface area (Å²) in [6, 6.07) is 3.78. The van der Waals surface area contributed by atoms with Crippen molar-refractivity contribution in [3.63, 3.8) is 0 Å². The van der Waals surface area contributed by atoms with Crippen molar-refractivity contribution >= 4 is 23.0 Å². The quantitative estimate of drug-likeness (QED) is 0.442. The molecule has 5 heteroatoms. The van der Waals surface area contributed by atoms with Gasteiger partial charge in [-0.05, 0) is 30.8 Å². The normalized spacial score (nSPS) is 11.1. The van der Waals surface area contributed by atoms with Gasteiger partial charge in [-0.15, -0.1) is 0 Å². The maximum atomic E-state index is 5.27. The fraction of sp³-hybridized carbons (Fsp3) is 0.222. The molecule has 1 aromatic heterocycles. The molecule has 0 saturated carbocycles. The van der Waals surface area contributed by atoms with E-state index in [1.165, 1.54) is 0 Å². The fourth-order valence-corrected chi connectivity index (χ4v) is 1.06. The van der Waals surface area contributed by atoms with Gasteiger partial charge in [-0.1, -0.05) is 6.92 Å². The molecule has 0 aromatic carbocycles. The SMILES string of the molecule is CCC(=NNC(N)=S)c1ccncc1. The molecular formula is C9H12N4S. The Hall–Kier alpha value is -1.49. The maximum Gasteiger partial charge on any atom is 0.184 e. The average Bonchev–Trinajstić information content (AvgIpc) is 2.20. The lowest BCUT2D eigenvalue weighted by Crippen LogP contribution is -2.25. The first kappa shape index (κ1) is 10.6. The van der Waals surface area contributed by atoms with E-state index in [1.54, 1.807) is 12.4 Å². The van der Waals surface area contributed by atoms with Crippen molar-refractivity contribution in [1.29, 1.82) is 0 Å². The summed E-state index contributed by atoms with van der Waals surface area (Å²) in [5, 5.41) is 4.26. The summed E-state index contributed by atoms with van der Waals surface area (Å²) in [5.41, 5.74) is 9.77. The molecule has 0 bridgehead atoms. The van der Waals surface area contributed by atoms with Crippen molar-refractivity contribution in [2.24, 2.45) is 10.8 Å². The van der Waals surface area contributed by atoms with Crippen LogP contribution in [0, 0.1) is 0 Å². The molecule has 0 fully saturated rings. The molecule has 0 aliphatic rings. The van der Waals surface area contributed by atoms with E-state index in [9.17, 15) is 0 Å². The van der Waals surface area contributed by atoms with Crippen molar-refractivity contribution in [3.8, 4) is 0 Å². The van der Waals surface area contributed by atoms with Crippen LogP contribution in [0.4, 0.5) is 0 Å². The van der Waals surface area contributed by atoms with Gasteiger partial charge in [-0.3, -0.25) is 10.4 Å². The lowest BCUT2D eigenvalue weighted by Gasteiger charge is -2.03. The van der Waals surface area contributed by atoms with Crippen LogP contribution in [-0.2, 0) is 0 Å². The summed E-state index contributed by atoms with van der Waals surface area (Å²) in [5.74, 6) is 0. The van der Waals surface area contributed by atoms with Crippen molar-refractivity contribution < 1.29 is 0 Å². The molecule has 0 aliphatic carbocycles. The molecule has 1 aromatic rings. The van der Waals surface area contributed by atoms with Crippen LogP contribution >= 0.6 is 12.2 Å². The van der Waals surface area contributed by atoms with E-state index in [1.807, 2.05) is 19.1 Å². The highest BCUT2D eigenvalue weighted by molar-refractivity contribution is 7.80. The molecule has 0 aliphatic heterocycles. The Kier molecular flexibility index (Phi) is 4.00. The Labute approximate surface area is 88.2 Å². The Morgan fingerprint density at radius 2 is 2.21 bits per heavy atom. The second-order valence-corrected chi connectivity index (χ2v) is 3.06. The number of hydrogen-bond donors (Lipinski definition) is 2. The fourth-order valence-electron chi connectivity index (χ4n) is 1.01. The second kappa shape index (κ2) is 5.29. The maximum absolute atomic E-state index is 5.27. The number of nitrogens with two attached hydrogens (primary N) is 1. The Balaban J connectivity index is 2.82. The zero-order valence-corrected chi connectivity index (χ0v) is 8.71. The van der Waals surface area contributed by atoms with Crippen LogP contribution in [0.3, 0.4) is 0 Å². The molecule has 0 radical (unpaired) electrons. The lowest BCUT2D eigenvalue weighted by molar-refractivity contribution is 1.01.